The van der Waals surface area contributed by atoms with Crippen LogP contribution in [0, 0.1) is 13.8 Å². The Hall–Kier alpha value is -2.45. The third kappa shape index (κ3) is 2.75. The zero-order valence-electron chi connectivity index (χ0n) is 14.5. The van der Waals surface area contributed by atoms with Gasteiger partial charge in [-0.15, -0.1) is 11.3 Å². The van der Waals surface area contributed by atoms with Crippen LogP contribution in [-0.4, -0.2) is 19.5 Å². The van der Waals surface area contributed by atoms with Gasteiger partial charge in [-0.2, -0.15) is 0 Å². The Labute approximate surface area is 156 Å². The molecule has 6 nitrogen and oxygen atoms in total. The molecule has 0 saturated heterocycles. The van der Waals surface area contributed by atoms with Crippen molar-refractivity contribution in [3.8, 4) is 0 Å². The number of nitrogens with zero attached hydrogens (tertiary/aromatic N) is 3. The summed E-state index contributed by atoms with van der Waals surface area (Å²) in [7, 11) is 1.72. The molecule has 132 valence electrons. The largest absolute Gasteiger partial charge is 0.309 e. The van der Waals surface area contributed by atoms with Gasteiger partial charge in [-0.3, -0.25) is 14.2 Å². The lowest BCUT2D eigenvalue weighted by molar-refractivity contribution is 0.727. The number of nitrogens with one attached hydrogen (secondary N) is 1. The molecule has 8 heteroatoms. The van der Waals surface area contributed by atoms with Crippen LogP contribution in [0.1, 0.15) is 16.3 Å². The molecular formula is C18H16N4O2S2. The highest BCUT2D eigenvalue weighted by molar-refractivity contribution is 7.98. The van der Waals surface area contributed by atoms with E-state index in [0.29, 0.717) is 33.0 Å². The predicted octanol–water partition coefficient (Wildman–Crippen LogP) is 3.14. The maximum absolute atomic E-state index is 12.7. The molecule has 0 spiro atoms. The zero-order valence-corrected chi connectivity index (χ0v) is 16.1. The van der Waals surface area contributed by atoms with Crippen LogP contribution in [-0.2, 0) is 12.8 Å². The number of aromatic nitrogens is 4. The van der Waals surface area contributed by atoms with Crippen molar-refractivity contribution in [2.75, 3.05) is 0 Å². The first kappa shape index (κ1) is 17.0. The lowest BCUT2D eigenvalue weighted by atomic mass is 10.2. The summed E-state index contributed by atoms with van der Waals surface area (Å²) in [5, 5.41) is 1.87. The van der Waals surface area contributed by atoms with Gasteiger partial charge in [-0.1, -0.05) is 23.9 Å². The molecule has 0 amide bonds. The number of rotatable bonds is 3. The summed E-state index contributed by atoms with van der Waals surface area (Å²) >= 11 is 2.92. The van der Waals surface area contributed by atoms with Crippen molar-refractivity contribution in [1.29, 1.82) is 0 Å². The van der Waals surface area contributed by atoms with E-state index in [2.05, 4.69) is 15.0 Å². The van der Waals surface area contributed by atoms with E-state index in [1.807, 2.05) is 32.0 Å². The summed E-state index contributed by atoms with van der Waals surface area (Å²) in [5.74, 6) is 0.987. The molecule has 0 aliphatic heterocycles. The lowest BCUT2D eigenvalue weighted by Crippen LogP contribution is -2.20. The van der Waals surface area contributed by atoms with Gasteiger partial charge in [0.1, 0.15) is 10.7 Å². The smallest absolute Gasteiger partial charge is 0.262 e. The monoisotopic (exact) mass is 384 g/mol. The molecule has 26 heavy (non-hydrogen) atoms. The summed E-state index contributed by atoms with van der Waals surface area (Å²) in [5.41, 5.74) is 1.45. The molecule has 0 aliphatic carbocycles. The zero-order chi connectivity index (χ0) is 18.4. The Morgan fingerprint density at radius 1 is 1.19 bits per heavy atom. The number of para-hydroxylation sites is 1. The number of H-pyrrole nitrogens is 1. The first-order valence-corrected chi connectivity index (χ1v) is 9.83. The standard InChI is InChI=1S/C18H16N4O2S2/c1-9-10(2)26-16-14(9)17(24)22(3)18(21-16)25-8-13-19-12-7-5-4-6-11(12)15(23)20-13/h4-7H,8H2,1-3H3,(H,19,20,23). The van der Waals surface area contributed by atoms with E-state index in [1.165, 1.54) is 23.1 Å². The van der Waals surface area contributed by atoms with Crippen LogP contribution in [0.25, 0.3) is 21.1 Å². The maximum Gasteiger partial charge on any atom is 0.262 e. The number of thioether (sulfide) groups is 1. The molecule has 0 bridgehead atoms. The second-order valence-electron chi connectivity index (χ2n) is 6.04. The van der Waals surface area contributed by atoms with Crippen LogP contribution in [0.4, 0.5) is 0 Å². The van der Waals surface area contributed by atoms with Gasteiger partial charge in [0.25, 0.3) is 11.1 Å². The van der Waals surface area contributed by atoms with Gasteiger partial charge in [0.2, 0.25) is 0 Å². The summed E-state index contributed by atoms with van der Waals surface area (Å²) in [4.78, 5) is 38.6. The molecule has 0 atom stereocenters. The van der Waals surface area contributed by atoms with Crippen molar-refractivity contribution in [3.63, 3.8) is 0 Å². The number of hydrogen-bond acceptors (Lipinski definition) is 6. The number of aromatic amines is 1. The maximum atomic E-state index is 12.7. The molecule has 1 N–H and O–H groups in total. The van der Waals surface area contributed by atoms with Crippen LogP contribution < -0.4 is 11.1 Å². The third-order valence-electron chi connectivity index (χ3n) is 4.37. The molecule has 1 aromatic carbocycles. The number of fused-ring (bicyclic) bond motifs is 2. The van der Waals surface area contributed by atoms with Gasteiger partial charge < -0.3 is 4.98 Å². The number of aryl methyl sites for hydroxylation is 2. The topological polar surface area (TPSA) is 80.6 Å². The minimum atomic E-state index is -0.159. The average Bonchev–Trinajstić information content (AvgIpc) is 2.91. The van der Waals surface area contributed by atoms with Gasteiger partial charge >= 0.3 is 0 Å². The SMILES string of the molecule is Cc1sc2nc(SCc3nc4ccccc4c(=O)[nH]3)n(C)c(=O)c2c1C. The third-order valence-corrected chi connectivity index (χ3v) is 6.51. The summed E-state index contributed by atoms with van der Waals surface area (Å²) < 4.78 is 1.56. The summed E-state index contributed by atoms with van der Waals surface area (Å²) in [6, 6.07) is 7.23. The summed E-state index contributed by atoms with van der Waals surface area (Å²) in [6.07, 6.45) is 0. The number of hydrogen-bond donors (Lipinski definition) is 1. The fourth-order valence-electron chi connectivity index (χ4n) is 2.82. The molecule has 3 heterocycles. The second kappa shape index (κ2) is 6.37. The molecule has 0 aliphatic rings. The molecule has 3 aromatic heterocycles. The first-order chi connectivity index (χ1) is 12.5. The van der Waals surface area contributed by atoms with E-state index in [1.54, 1.807) is 17.7 Å². The van der Waals surface area contributed by atoms with Gasteiger partial charge in [0.15, 0.2) is 5.16 Å². The van der Waals surface area contributed by atoms with Crippen molar-refractivity contribution >= 4 is 44.2 Å². The van der Waals surface area contributed by atoms with Crippen LogP contribution >= 0.6 is 23.1 Å². The highest BCUT2D eigenvalue weighted by Gasteiger charge is 2.15. The highest BCUT2D eigenvalue weighted by Crippen LogP contribution is 2.28. The van der Waals surface area contributed by atoms with Crippen LogP contribution in [0.2, 0.25) is 0 Å². The van der Waals surface area contributed by atoms with E-state index in [4.69, 9.17) is 0 Å². The predicted molar refractivity (Wildman–Crippen MR) is 106 cm³/mol. The average molecular weight is 384 g/mol. The van der Waals surface area contributed by atoms with Crippen molar-refractivity contribution in [2.45, 2.75) is 24.8 Å². The Kier molecular flexibility index (Phi) is 4.16. The minimum Gasteiger partial charge on any atom is -0.309 e. The highest BCUT2D eigenvalue weighted by atomic mass is 32.2. The number of thiophene rings is 1. The molecule has 4 rings (SSSR count). The Bertz CT molecular complexity index is 1270. The second-order valence-corrected chi connectivity index (χ2v) is 8.19. The molecule has 0 radical (unpaired) electrons. The Balaban J connectivity index is 1.71. The van der Waals surface area contributed by atoms with E-state index in [0.717, 1.165) is 15.3 Å². The normalized spacial score (nSPS) is 11.5. The van der Waals surface area contributed by atoms with Crippen LogP contribution in [0.15, 0.2) is 39.0 Å². The minimum absolute atomic E-state index is 0.0423. The van der Waals surface area contributed by atoms with Gasteiger partial charge in [-0.05, 0) is 31.5 Å². The molecular weight excluding hydrogens is 368 g/mol. The fourth-order valence-corrected chi connectivity index (χ4v) is 4.73. The molecule has 4 aromatic rings. The van der Waals surface area contributed by atoms with Crippen LogP contribution in [0.3, 0.4) is 0 Å². The van der Waals surface area contributed by atoms with Crippen molar-refractivity contribution in [1.82, 2.24) is 19.5 Å². The van der Waals surface area contributed by atoms with Crippen LogP contribution in [0.5, 0.6) is 0 Å². The molecule has 0 unspecified atom stereocenters. The van der Waals surface area contributed by atoms with E-state index >= 15 is 0 Å². The summed E-state index contributed by atoms with van der Waals surface area (Å²) in [6.45, 7) is 3.95. The lowest BCUT2D eigenvalue weighted by Gasteiger charge is -2.07. The van der Waals surface area contributed by atoms with Crippen molar-refractivity contribution in [3.05, 3.63) is 61.2 Å². The fraction of sp³-hybridized carbons (Fsp3) is 0.222. The number of benzene rings is 1. The first-order valence-electron chi connectivity index (χ1n) is 8.03. The van der Waals surface area contributed by atoms with Gasteiger partial charge in [-0.25, -0.2) is 9.97 Å². The Morgan fingerprint density at radius 3 is 2.77 bits per heavy atom. The quantitative estimate of drug-likeness (QED) is 0.433. The van der Waals surface area contributed by atoms with Gasteiger partial charge in [0, 0.05) is 11.9 Å². The molecule has 0 saturated carbocycles. The van der Waals surface area contributed by atoms with Crippen molar-refractivity contribution < 1.29 is 0 Å². The Morgan fingerprint density at radius 2 is 1.96 bits per heavy atom. The molecule has 0 fully saturated rings. The van der Waals surface area contributed by atoms with Gasteiger partial charge in [0.05, 0.1) is 22.0 Å². The van der Waals surface area contributed by atoms with E-state index in [9.17, 15) is 9.59 Å². The van der Waals surface area contributed by atoms with E-state index < -0.39 is 0 Å². The van der Waals surface area contributed by atoms with E-state index in [-0.39, 0.29) is 11.1 Å². The van der Waals surface area contributed by atoms with Crippen molar-refractivity contribution in [2.24, 2.45) is 7.05 Å².